The van der Waals surface area contributed by atoms with E-state index >= 15 is 0 Å². The van der Waals surface area contributed by atoms with Crippen LogP contribution in [0.25, 0.3) is 0 Å². The molecule has 0 unspecified atom stereocenters. The zero-order valence-corrected chi connectivity index (χ0v) is 9.32. The maximum atomic E-state index is 5.57. The second-order valence-electron chi connectivity index (χ2n) is 3.91. The molecule has 0 saturated carbocycles. The number of hydrogen-bond acceptors (Lipinski definition) is 3. The van der Waals surface area contributed by atoms with Crippen molar-refractivity contribution in [2.24, 2.45) is 11.7 Å². The van der Waals surface area contributed by atoms with Gasteiger partial charge in [-0.15, -0.1) is 10.2 Å². The van der Waals surface area contributed by atoms with Gasteiger partial charge in [-0.3, -0.25) is 0 Å². The SMILES string of the molecule is CCn1c(CN)nnc1CCC(C)C. The minimum atomic E-state index is 0.475. The van der Waals surface area contributed by atoms with E-state index in [4.69, 9.17) is 5.73 Å². The van der Waals surface area contributed by atoms with Crippen LogP contribution in [0, 0.1) is 5.92 Å². The van der Waals surface area contributed by atoms with Gasteiger partial charge in [0.1, 0.15) is 11.6 Å². The molecule has 4 nitrogen and oxygen atoms in total. The first-order valence-electron chi connectivity index (χ1n) is 5.30. The summed E-state index contributed by atoms with van der Waals surface area (Å²) in [5.41, 5.74) is 5.57. The Labute approximate surface area is 85.5 Å². The van der Waals surface area contributed by atoms with Crippen molar-refractivity contribution < 1.29 is 0 Å². The Morgan fingerprint density at radius 2 is 1.93 bits per heavy atom. The second kappa shape index (κ2) is 5.10. The van der Waals surface area contributed by atoms with Crippen LogP contribution in [-0.2, 0) is 19.5 Å². The van der Waals surface area contributed by atoms with E-state index in [-0.39, 0.29) is 0 Å². The minimum Gasteiger partial charge on any atom is -0.324 e. The third-order valence-corrected chi connectivity index (χ3v) is 2.35. The highest BCUT2D eigenvalue weighted by atomic mass is 15.3. The Kier molecular flexibility index (Phi) is 4.07. The number of nitrogens with zero attached hydrogens (tertiary/aromatic N) is 3. The van der Waals surface area contributed by atoms with Crippen molar-refractivity contribution in [1.29, 1.82) is 0 Å². The third-order valence-electron chi connectivity index (χ3n) is 2.35. The molecule has 0 aliphatic rings. The van der Waals surface area contributed by atoms with E-state index < -0.39 is 0 Å². The van der Waals surface area contributed by atoms with Gasteiger partial charge in [-0.2, -0.15) is 0 Å². The highest BCUT2D eigenvalue weighted by Gasteiger charge is 2.09. The standard InChI is InChI=1S/C10H20N4/c1-4-14-9(6-5-8(2)3)12-13-10(14)7-11/h8H,4-7,11H2,1-3H3. The van der Waals surface area contributed by atoms with Crippen molar-refractivity contribution in [1.82, 2.24) is 14.8 Å². The van der Waals surface area contributed by atoms with E-state index in [2.05, 4.69) is 35.5 Å². The first kappa shape index (κ1) is 11.2. The van der Waals surface area contributed by atoms with Crippen LogP contribution in [0.5, 0.6) is 0 Å². The number of aromatic nitrogens is 3. The Morgan fingerprint density at radius 1 is 1.29 bits per heavy atom. The first-order valence-corrected chi connectivity index (χ1v) is 5.30. The number of rotatable bonds is 5. The molecular formula is C10H20N4. The lowest BCUT2D eigenvalue weighted by atomic mass is 10.1. The zero-order valence-electron chi connectivity index (χ0n) is 9.32. The van der Waals surface area contributed by atoms with Crippen molar-refractivity contribution >= 4 is 0 Å². The molecule has 4 heteroatoms. The largest absolute Gasteiger partial charge is 0.324 e. The summed E-state index contributed by atoms with van der Waals surface area (Å²) in [7, 11) is 0. The van der Waals surface area contributed by atoms with Crippen LogP contribution in [-0.4, -0.2) is 14.8 Å². The monoisotopic (exact) mass is 196 g/mol. The molecule has 1 aromatic rings. The van der Waals surface area contributed by atoms with Gasteiger partial charge < -0.3 is 10.3 Å². The minimum absolute atomic E-state index is 0.475. The van der Waals surface area contributed by atoms with Gasteiger partial charge in [0, 0.05) is 13.0 Å². The van der Waals surface area contributed by atoms with Gasteiger partial charge in [0.2, 0.25) is 0 Å². The van der Waals surface area contributed by atoms with Gasteiger partial charge in [0.15, 0.2) is 0 Å². The van der Waals surface area contributed by atoms with Crippen LogP contribution in [0.15, 0.2) is 0 Å². The normalized spacial score (nSPS) is 11.2. The summed E-state index contributed by atoms with van der Waals surface area (Å²) in [6.07, 6.45) is 2.15. The van der Waals surface area contributed by atoms with Gasteiger partial charge in [-0.25, -0.2) is 0 Å². The summed E-state index contributed by atoms with van der Waals surface area (Å²) in [4.78, 5) is 0. The maximum absolute atomic E-state index is 5.57. The summed E-state index contributed by atoms with van der Waals surface area (Å²) in [6.45, 7) is 7.92. The smallest absolute Gasteiger partial charge is 0.146 e. The highest BCUT2D eigenvalue weighted by molar-refractivity contribution is 4.95. The molecule has 0 fully saturated rings. The van der Waals surface area contributed by atoms with E-state index in [1.165, 1.54) is 0 Å². The fraction of sp³-hybridized carbons (Fsp3) is 0.800. The summed E-state index contributed by atoms with van der Waals surface area (Å²) >= 11 is 0. The van der Waals surface area contributed by atoms with Crippen LogP contribution < -0.4 is 5.73 Å². The van der Waals surface area contributed by atoms with Crippen molar-refractivity contribution in [2.75, 3.05) is 0 Å². The summed E-state index contributed by atoms with van der Waals surface area (Å²) < 4.78 is 2.11. The van der Waals surface area contributed by atoms with Crippen molar-refractivity contribution in [3.8, 4) is 0 Å². The molecule has 0 saturated heterocycles. The average Bonchev–Trinajstić information content (AvgIpc) is 2.56. The molecule has 0 amide bonds. The summed E-state index contributed by atoms with van der Waals surface area (Å²) in [5, 5.41) is 8.23. The van der Waals surface area contributed by atoms with E-state index in [0.717, 1.165) is 31.0 Å². The zero-order chi connectivity index (χ0) is 10.6. The number of hydrogen-bond donors (Lipinski definition) is 1. The van der Waals surface area contributed by atoms with Crippen molar-refractivity contribution in [2.45, 2.75) is 46.7 Å². The van der Waals surface area contributed by atoms with Gasteiger partial charge in [-0.05, 0) is 19.3 Å². The summed E-state index contributed by atoms with van der Waals surface area (Å²) in [5.74, 6) is 2.67. The number of nitrogens with two attached hydrogens (primary N) is 1. The van der Waals surface area contributed by atoms with E-state index in [1.54, 1.807) is 0 Å². The highest BCUT2D eigenvalue weighted by Crippen LogP contribution is 2.08. The quantitative estimate of drug-likeness (QED) is 0.773. The molecule has 0 aliphatic carbocycles. The topological polar surface area (TPSA) is 56.7 Å². The molecule has 14 heavy (non-hydrogen) atoms. The molecule has 1 heterocycles. The molecule has 80 valence electrons. The van der Waals surface area contributed by atoms with Gasteiger partial charge >= 0.3 is 0 Å². The third kappa shape index (κ3) is 2.54. The molecule has 0 aromatic carbocycles. The fourth-order valence-corrected chi connectivity index (χ4v) is 1.49. The first-order chi connectivity index (χ1) is 6.69. The van der Waals surface area contributed by atoms with Crippen LogP contribution in [0.4, 0.5) is 0 Å². The molecule has 2 N–H and O–H groups in total. The Hall–Kier alpha value is -0.900. The van der Waals surface area contributed by atoms with Crippen molar-refractivity contribution in [3.05, 3.63) is 11.6 Å². The Balaban J connectivity index is 2.71. The average molecular weight is 196 g/mol. The van der Waals surface area contributed by atoms with Gasteiger partial charge in [-0.1, -0.05) is 13.8 Å². The van der Waals surface area contributed by atoms with Gasteiger partial charge in [0.25, 0.3) is 0 Å². The van der Waals surface area contributed by atoms with Crippen LogP contribution in [0.3, 0.4) is 0 Å². The molecule has 0 bridgehead atoms. The molecular weight excluding hydrogens is 176 g/mol. The van der Waals surface area contributed by atoms with Crippen LogP contribution in [0.1, 0.15) is 38.8 Å². The van der Waals surface area contributed by atoms with E-state index in [0.29, 0.717) is 12.5 Å². The maximum Gasteiger partial charge on any atom is 0.146 e. The van der Waals surface area contributed by atoms with E-state index in [9.17, 15) is 0 Å². The molecule has 1 aromatic heterocycles. The molecule has 0 atom stereocenters. The molecule has 0 spiro atoms. The van der Waals surface area contributed by atoms with E-state index in [1.807, 2.05) is 0 Å². The Bertz CT molecular complexity index is 278. The summed E-state index contributed by atoms with van der Waals surface area (Å²) in [6, 6.07) is 0. The fourth-order valence-electron chi connectivity index (χ4n) is 1.49. The van der Waals surface area contributed by atoms with Crippen molar-refractivity contribution in [3.63, 3.8) is 0 Å². The predicted molar refractivity (Wildman–Crippen MR) is 56.7 cm³/mol. The predicted octanol–water partition coefficient (Wildman–Crippen LogP) is 1.35. The molecule has 0 radical (unpaired) electrons. The van der Waals surface area contributed by atoms with Crippen LogP contribution >= 0.6 is 0 Å². The Morgan fingerprint density at radius 3 is 2.43 bits per heavy atom. The van der Waals surface area contributed by atoms with Crippen LogP contribution in [0.2, 0.25) is 0 Å². The number of aryl methyl sites for hydroxylation is 1. The second-order valence-corrected chi connectivity index (χ2v) is 3.91. The van der Waals surface area contributed by atoms with Gasteiger partial charge in [0.05, 0.1) is 6.54 Å². The lowest BCUT2D eigenvalue weighted by Gasteiger charge is -2.07. The molecule has 0 aliphatic heterocycles. The molecule has 1 rings (SSSR count). The lowest BCUT2D eigenvalue weighted by molar-refractivity contribution is 0.553. The lowest BCUT2D eigenvalue weighted by Crippen LogP contribution is -2.10.